The summed E-state index contributed by atoms with van der Waals surface area (Å²) in [6.45, 7) is 1.33. The molecule has 0 spiro atoms. The van der Waals surface area contributed by atoms with E-state index < -0.39 is 11.9 Å². The van der Waals surface area contributed by atoms with Crippen LogP contribution in [0.2, 0.25) is 0 Å². The Morgan fingerprint density at radius 2 is 1.94 bits per heavy atom. The molecule has 166 valence electrons. The summed E-state index contributed by atoms with van der Waals surface area (Å²) in [6.07, 6.45) is 3.68. The van der Waals surface area contributed by atoms with Gasteiger partial charge in [-0.1, -0.05) is 17.3 Å². The number of nitrogens with zero attached hydrogens (tertiary/aromatic N) is 6. The van der Waals surface area contributed by atoms with Crippen LogP contribution in [0.3, 0.4) is 0 Å². The molecule has 2 aromatic heterocycles. The molecule has 0 bridgehead atoms. The number of piperidine rings is 1. The number of nitrogens with two attached hydrogens (primary N) is 1. The number of hydrogen-bond donors (Lipinski definition) is 1. The zero-order valence-corrected chi connectivity index (χ0v) is 17.4. The third kappa shape index (κ3) is 4.71. The highest BCUT2D eigenvalue weighted by Crippen LogP contribution is 2.29. The number of nitroso groups, excluding NO2 is 1. The van der Waals surface area contributed by atoms with E-state index in [4.69, 9.17) is 15.2 Å². The van der Waals surface area contributed by atoms with Crippen molar-refractivity contribution in [3.8, 4) is 11.8 Å². The summed E-state index contributed by atoms with van der Waals surface area (Å²) in [5.41, 5.74) is 6.70. The van der Waals surface area contributed by atoms with Gasteiger partial charge in [-0.15, -0.1) is 4.91 Å². The Hall–Kier alpha value is -3.89. The van der Waals surface area contributed by atoms with Gasteiger partial charge in [-0.05, 0) is 17.7 Å². The minimum Gasteiger partial charge on any atom is -0.497 e. The van der Waals surface area contributed by atoms with Crippen molar-refractivity contribution < 1.29 is 13.9 Å². The molecule has 2 N–H and O–H groups in total. The van der Waals surface area contributed by atoms with Crippen LogP contribution in [0.5, 0.6) is 11.8 Å². The number of methoxy groups -OCH3 is 1. The zero-order chi connectivity index (χ0) is 22.5. The Morgan fingerprint density at radius 1 is 1.19 bits per heavy atom. The number of ether oxygens (including phenoxy) is 2. The lowest BCUT2D eigenvalue weighted by Gasteiger charge is -2.32. The first kappa shape index (κ1) is 21.3. The van der Waals surface area contributed by atoms with Crippen molar-refractivity contribution in [3.63, 3.8) is 0 Å². The van der Waals surface area contributed by atoms with E-state index in [1.54, 1.807) is 37.4 Å². The van der Waals surface area contributed by atoms with Crippen molar-refractivity contribution >= 4 is 11.6 Å². The minimum atomic E-state index is -0.746. The summed E-state index contributed by atoms with van der Waals surface area (Å²) in [7, 11) is 1.58. The van der Waals surface area contributed by atoms with Gasteiger partial charge in [0.1, 0.15) is 24.0 Å². The van der Waals surface area contributed by atoms with Gasteiger partial charge in [0.2, 0.25) is 0 Å². The second-order valence-corrected chi connectivity index (χ2v) is 7.27. The molecule has 0 amide bonds. The Bertz CT molecular complexity index is 1080. The van der Waals surface area contributed by atoms with Gasteiger partial charge in [-0.25, -0.2) is 19.3 Å². The van der Waals surface area contributed by atoms with E-state index in [0.717, 1.165) is 11.8 Å². The van der Waals surface area contributed by atoms with E-state index in [-0.39, 0.29) is 17.9 Å². The molecule has 1 saturated heterocycles. The fraction of sp³-hybridized carbons (Fsp3) is 0.333. The standard InChI is InChI=1S/C21H22FN7O3/c1-31-14-4-2-13(3-5-14)19(28-30)17-10-18(26-12-25-17)29-8-6-15(7-9-29)32-21-24-11-16(22)20(23)27-21/h2-5,10-12,15,19H,6-9H2,1H3,(H2,23,24,27). The van der Waals surface area contributed by atoms with E-state index in [1.165, 1.54) is 6.33 Å². The lowest BCUT2D eigenvalue weighted by molar-refractivity contribution is 0.156. The van der Waals surface area contributed by atoms with Gasteiger partial charge < -0.3 is 20.1 Å². The van der Waals surface area contributed by atoms with Crippen LogP contribution in [0.4, 0.5) is 16.0 Å². The van der Waals surface area contributed by atoms with Crippen molar-refractivity contribution in [2.45, 2.75) is 25.0 Å². The van der Waals surface area contributed by atoms with Crippen LogP contribution in [0.15, 0.2) is 48.0 Å². The van der Waals surface area contributed by atoms with Crippen LogP contribution in [0, 0.1) is 10.7 Å². The highest BCUT2D eigenvalue weighted by atomic mass is 19.1. The number of rotatable bonds is 7. The molecular formula is C21H22FN7O3. The van der Waals surface area contributed by atoms with Gasteiger partial charge in [0.15, 0.2) is 17.7 Å². The monoisotopic (exact) mass is 439 g/mol. The predicted octanol–water partition coefficient (Wildman–Crippen LogP) is 2.90. The van der Waals surface area contributed by atoms with Crippen LogP contribution < -0.4 is 20.1 Å². The van der Waals surface area contributed by atoms with Gasteiger partial charge in [-0.2, -0.15) is 4.98 Å². The maximum atomic E-state index is 13.2. The molecule has 0 saturated carbocycles. The first-order valence-corrected chi connectivity index (χ1v) is 10.1. The van der Waals surface area contributed by atoms with Crippen molar-refractivity contribution in [2.75, 3.05) is 30.8 Å². The van der Waals surface area contributed by atoms with Gasteiger partial charge >= 0.3 is 6.01 Å². The first-order chi connectivity index (χ1) is 15.6. The Balaban J connectivity index is 1.42. The van der Waals surface area contributed by atoms with Gasteiger partial charge in [-0.3, -0.25) is 0 Å². The summed E-state index contributed by atoms with van der Waals surface area (Å²) in [5.74, 6) is 0.485. The summed E-state index contributed by atoms with van der Waals surface area (Å²) in [5, 5.41) is 3.27. The lowest BCUT2D eigenvalue weighted by atomic mass is 10.0. The normalized spacial score (nSPS) is 15.2. The maximum absolute atomic E-state index is 13.2. The molecule has 4 rings (SSSR count). The maximum Gasteiger partial charge on any atom is 0.318 e. The van der Waals surface area contributed by atoms with Gasteiger partial charge in [0, 0.05) is 32.0 Å². The molecule has 1 aliphatic heterocycles. The van der Waals surface area contributed by atoms with Gasteiger partial charge in [0.25, 0.3) is 0 Å². The molecule has 1 aromatic carbocycles. The van der Waals surface area contributed by atoms with Crippen LogP contribution in [-0.2, 0) is 0 Å². The fourth-order valence-corrected chi connectivity index (χ4v) is 3.53. The Labute approximate surface area is 183 Å². The molecule has 32 heavy (non-hydrogen) atoms. The molecule has 1 unspecified atom stereocenters. The number of anilines is 2. The molecule has 1 fully saturated rings. The number of hydrogen-bond acceptors (Lipinski definition) is 10. The van der Waals surface area contributed by atoms with Crippen LogP contribution in [-0.4, -0.2) is 46.2 Å². The second kappa shape index (κ2) is 9.50. The molecular weight excluding hydrogens is 417 g/mol. The summed E-state index contributed by atoms with van der Waals surface area (Å²) in [6, 6.07) is 8.23. The van der Waals surface area contributed by atoms with Crippen molar-refractivity contribution in [1.82, 2.24) is 19.9 Å². The highest BCUT2D eigenvalue weighted by molar-refractivity contribution is 5.42. The van der Waals surface area contributed by atoms with E-state index in [1.807, 2.05) is 0 Å². The SMILES string of the molecule is COc1ccc(C(N=O)c2cc(N3CCC(Oc4ncc(F)c(N)n4)CC3)ncn2)cc1. The average Bonchev–Trinajstić information content (AvgIpc) is 2.83. The average molecular weight is 439 g/mol. The largest absolute Gasteiger partial charge is 0.497 e. The Morgan fingerprint density at radius 3 is 2.59 bits per heavy atom. The molecule has 3 aromatic rings. The first-order valence-electron chi connectivity index (χ1n) is 10.1. The van der Waals surface area contributed by atoms with E-state index >= 15 is 0 Å². The van der Waals surface area contributed by atoms with E-state index in [9.17, 15) is 9.30 Å². The molecule has 10 nitrogen and oxygen atoms in total. The Kier molecular flexibility index (Phi) is 6.34. The summed E-state index contributed by atoms with van der Waals surface area (Å²) >= 11 is 0. The summed E-state index contributed by atoms with van der Waals surface area (Å²) in [4.78, 5) is 29.9. The van der Waals surface area contributed by atoms with Crippen molar-refractivity contribution in [1.29, 1.82) is 0 Å². The van der Waals surface area contributed by atoms with Crippen molar-refractivity contribution in [3.05, 3.63) is 64.8 Å². The molecule has 0 radical (unpaired) electrons. The van der Waals surface area contributed by atoms with Crippen molar-refractivity contribution in [2.24, 2.45) is 5.18 Å². The van der Waals surface area contributed by atoms with Crippen LogP contribution in [0.25, 0.3) is 0 Å². The number of nitrogen functional groups attached to an aromatic ring is 1. The number of halogens is 1. The van der Waals surface area contributed by atoms with E-state index in [0.29, 0.717) is 43.2 Å². The smallest absolute Gasteiger partial charge is 0.318 e. The zero-order valence-electron chi connectivity index (χ0n) is 17.4. The van der Waals surface area contributed by atoms with Gasteiger partial charge in [0.05, 0.1) is 19.0 Å². The molecule has 1 atom stereocenters. The quantitative estimate of drug-likeness (QED) is 0.552. The molecule has 0 aliphatic carbocycles. The number of aromatic nitrogens is 4. The third-order valence-electron chi connectivity index (χ3n) is 5.28. The lowest BCUT2D eigenvalue weighted by Crippen LogP contribution is -2.39. The summed E-state index contributed by atoms with van der Waals surface area (Å²) < 4.78 is 24.1. The molecule has 3 heterocycles. The van der Waals surface area contributed by atoms with Crippen LogP contribution >= 0.6 is 0 Å². The van der Waals surface area contributed by atoms with Crippen LogP contribution in [0.1, 0.15) is 30.1 Å². The molecule has 11 heteroatoms. The second-order valence-electron chi connectivity index (χ2n) is 7.27. The third-order valence-corrected chi connectivity index (χ3v) is 5.28. The topological polar surface area (TPSA) is 129 Å². The predicted molar refractivity (Wildman–Crippen MR) is 115 cm³/mol. The fourth-order valence-electron chi connectivity index (χ4n) is 3.53. The highest BCUT2D eigenvalue weighted by Gasteiger charge is 2.24. The minimum absolute atomic E-state index is 0.0612. The van der Waals surface area contributed by atoms with E-state index in [2.05, 4.69) is 30.0 Å². The number of benzene rings is 1. The molecule has 1 aliphatic rings.